The molecule has 0 spiro atoms. The summed E-state index contributed by atoms with van der Waals surface area (Å²) in [7, 11) is 0. The van der Waals surface area contributed by atoms with Crippen LogP contribution in [0.2, 0.25) is 0 Å². The molecule has 0 bridgehead atoms. The van der Waals surface area contributed by atoms with Gasteiger partial charge in [-0.05, 0) is 32.0 Å². The van der Waals surface area contributed by atoms with E-state index in [2.05, 4.69) is 35.2 Å². The Kier molecular flexibility index (Phi) is 4.37. The van der Waals surface area contributed by atoms with Gasteiger partial charge in [0, 0.05) is 38.8 Å². The molecule has 4 heterocycles. The second-order valence-corrected chi connectivity index (χ2v) is 6.58. The van der Waals surface area contributed by atoms with Crippen molar-refractivity contribution in [3.63, 3.8) is 0 Å². The van der Waals surface area contributed by atoms with Crippen molar-refractivity contribution in [1.29, 1.82) is 0 Å². The second-order valence-electron chi connectivity index (χ2n) is 6.58. The molecular weight excluding hydrogens is 332 g/mol. The van der Waals surface area contributed by atoms with Gasteiger partial charge < -0.3 is 9.42 Å². The molecule has 4 rings (SSSR count). The highest BCUT2D eigenvalue weighted by Crippen LogP contribution is 2.16. The van der Waals surface area contributed by atoms with Crippen LogP contribution in [0.5, 0.6) is 0 Å². The molecule has 0 N–H and O–H groups in total. The van der Waals surface area contributed by atoms with Crippen molar-refractivity contribution in [2.24, 2.45) is 0 Å². The summed E-state index contributed by atoms with van der Waals surface area (Å²) >= 11 is 0. The lowest BCUT2D eigenvalue weighted by Gasteiger charge is -2.34. The Bertz CT molecular complexity index is 877. The predicted molar refractivity (Wildman–Crippen MR) is 95.2 cm³/mol. The van der Waals surface area contributed by atoms with Crippen LogP contribution in [0.3, 0.4) is 0 Å². The van der Waals surface area contributed by atoms with Gasteiger partial charge in [-0.3, -0.25) is 4.90 Å². The zero-order valence-corrected chi connectivity index (χ0v) is 15.3. The minimum absolute atomic E-state index is 0.608. The summed E-state index contributed by atoms with van der Waals surface area (Å²) in [4.78, 5) is 8.83. The SMILES string of the molecule is Cc1cc(C)n(-c2ccc(N3CCN(Cc4noc(C)n4)CC3)nn2)n1. The first-order valence-electron chi connectivity index (χ1n) is 8.72. The highest BCUT2D eigenvalue weighted by atomic mass is 16.5. The van der Waals surface area contributed by atoms with Gasteiger partial charge in [-0.1, -0.05) is 5.16 Å². The van der Waals surface area contributed by atoms with Crippen molar-refractivity contribution in [2.45, 2.75) is 27.3 Å². The molecule has 0 unspecified atom stereocenters. The van der Waals surface area contributed by atoms with E-state index in [-0.39, 0.29) is 0 Å². The third-order valence-corrected chi connectivity index (χ3v) is 4.49. The molecule has 0 amide bonds. The summed E-state index contributed by atoms with van der Waals surface area (Å²) in [5.41, 5.74) is 2.02. The number of nitrogens with zero attached hydrogens (tertiary/aromatic N) is 8. The van der Waals surface area contributed by atoms with Crippen LogP contribution in [-0.4, -0.2) is 61.2 Å². The Morgan fingerprint density at radius 1 is 1.00 bits per heavy atom. The number of anilines is 1. The highest BCUT2D eigenvalue weighted by molar-refractivity contribution is 5.40. The lowest BCUT2D eigenvalue weighted by molar-refractivity contribution is 0.239. The molecule has 3 aromatic rings. The first-order valence-corrected chi connectivity index (χ1v) is 8.72. The van der Waals surface area contributed by atoms with Crippen molar-refractivity contribution in [2.75, 3.05) is 31.1 Å². The van der Waals surface area contributed by atoms with Crippen LogP contribution in [0.4, 0.5) is 5.82 Å². The molecule has 1 saturated heterocycles. The van der Waals surface area contributed by atoms with Gasteiger partial charge in [-0.15, -0.1) is 10.2 Å². The highest BCUT2D eigenvalue weighted by Gasteiger charge is 2.20. The molecule has 136 valence electrons. The van der Waals surface area contributed by atoms with E-state index < -0.39 is 0 Å². The number of rotatable bonds is 4. The Morgan fingerprint density at radius 3 is 2.31 bits per heavy atom. The maximum absolute atomic E-state index is 5.03. The average Bonchev–Trinajstić information content (AvgIpc) is 3.20. The minimum atomic E-state index is 0.608. The Balaban J connectivity index is 1.38. The van der Waals surface area contributed by atoms with Crippen LogP contribution in [0, 0.1) is 20.8 Å². The van der Waals surface area contributed by atoms with Crippen LogP contribution in [0.25, 0.3) is 5.82 Å². The molecule has 1 fully saturated rings. The summed E-state index contributed by atoms with van der Waals surface area (Å²) in [6.45, 7) is 10.1. The van der Waals surface area contributed by atoms with Crippen molar-refractivity contribution >= 4 is 5.82 Å². The van der Waals surface area contributed by atoms with Crippen molar-refractivity contribution in [3.05, 3.63) is 41.3 Å². The maximum atomic E-state index is 5.03. The Hall–Kier alpha value is -2.81. The van der Waals surface area contributed by atoms with Crippen molar-refractivity contribution in [1.82, 2.24) is 35.0 Å². The molecule has 0 radical (unpaired) electrons. The lowest BCUT2D eigenvalue weighted by atomic mass is 10.3. The quantitative estimate of drug-likeness (QED) is 0.692. The fourth-order valence-corrected chi connectivity index (χ4v) is 3.20. The summed E-state index contributed by atoms with van der Waals surface area (Å²) in [6.07, 6.45) is 0. The minimum Gasteiger partial charge on any atom is -0.353 e. The van der Waals surface area contributed by atoms with Gasteiger partial charge in [0.15, 0.2) is 17.5 Å². The molecular formula is C17H22N8O. The van der Waals surface area contributed by atoms with E-state index in [4.69, 9.17) is 4.52 Å². The van der Waals surface area contributed by atoms with E-state index in [0.29, 0.717) is 12.4 Å². The van der Waals surface area contributed by atoms with Gasteiger partial charge in [0.2, 0.25) is 5.89 Å². The van der Waals surface area contributed by atoms with Crippen LogP contribution < -0.4 is 4.90 Å². The van der Waals surface area contributed by atoms with Crippen LogP contribution in [0.15, 0.2) is 22.7 Å². The number of aryl methyl sites for hydroxylation is 3. The van der Waals surface area contributed by atoms with Gasteiger partial charge in [-0.2, -0.15) is 10.1 Å². The molecule has 1 aliphatic rings. The fraction of sp³-hybridized carbons (Fsp3) is 0.471. The molecule has 0 aliphatic carbocycles. The molecule has 0 saturated carbocycles. The monoisotopic (exact) mass is 354 g/mol. The summed E-state index contributed by atoms with van der Waals surface area (Å²) in [5.74, 6) is 2.98. The van der Waals surface area contributed by atoms with E-state index in [1.165, 1.54) is 0 Å². The van der Waals surface area contributed by atoms with E-state index >= 15 is 0 Å². The van der Waals surface area contributed by atoms with E-state index in [0.717, 1.165) is 55.0 Å². The third kappa shape index (κ3) is 3.43. The van der Waals surface area contributed by atoms with E-state index in [1.807, 2.05) is 43.7 Å². The number of piperazine rings is 1. The standard InChI is InChI=1S/C17H22N8O/c1-12-10-13(2)25(21-12)17-5-4-16(19-20-17)24-8-6-23(7-9-24)11-15-18-14(3)26-22-15/h4-5,10H,6-9,11H2,1-3H3. The summed E-state index contributed by atoms with van der Waals surface area (Å²) in [6, 6.07) is 6.01. The van der Waals surface area contributed by atoms with Crippen LogP contribution >= 0.6 is 0 Å². The molecule has 26 heavy (non-hydrogen) atoms. The van der Waals surface area contributed by atoms with Crippen LogP contribution in [-0.2, 0) is 6.54 Å². The van der Waals surface area contributed by atoms with Gasteiger partial charge >= 0.3 is 0 Å². The van der Waals surface area contributed by atoms with Crippen molar-refractivity contribution < 1.29 is 4.52 Å². The van der Waals surface area contributed by atoms with Gasteiger partial charge in [0.25, 0.3) is 0 Å². The molecule has 3 aromatic heterocycles. The van der Waals surface area contributed by atoms with Gasteiger partial charge in [-0.25, -0.2) is 4.68 Å². The Morgan fingerprint density at radius 2 is 1.73 bits per heavy atom. The average molecular weight is 354 g/mol. The zero-order valence-electron chi connectivity index (χ0n) is 15.3. The smallest absolute Gasteiger partial charge is 0.223 e. The lowest BCUT2D eigenvalue weighted by Crippen LogP contribution is -2.46. The van der Waals surface area contributed by atoms with Gasteiger partial charge in [0.05, 0.1) is 12.2 Å². The molecule has 1 aliphatic heterocycles. The predicted octanol–water partition coefficient (Wildman–Crippen LogP) is 1.29. The van der Waals surface area contributed by atoms with E-state index in [1.54, 1.807) is 0 Å². The maximum Gasteiger partial charge on any atom is 0.223 e. The molecule has 9 heteroatoms. The normalized spacial score (nSPS) is 15.6. The fourth-order valence-electron chi connectivity index (χ4n) is 3.20. The first kappa shape index (κ1) is 16.6. The van der Waals surface area contributed by atoms with Gasteiger partial charge in [0.1, 0.15) is 0 Å². The number of aromatic nitrogens is 6. The van der Waals surface area contributed by atoms with Crippen LogP contribution in [0.1, 0.15) is 23.1 Å². The third-order valence-electron chi connectivity index (χ3n) is 4.49. The number of hydrogen-bond acceptors (Lipinski definition) is 8. The number of hydrogen-bond donors (Lipinski definition) is 0. The molecule has 0 aromatic carbocycles. The zero-order chi connectivity index (χ0) is 18.1. The summed E-state index contributed by atoms with van der Waals surface area (Å²) in [5, 5.41) is 17.2. The van der Waals surface area contributed by atoms with Crippen molar-refractivity contribution in [3.8, 4) is 5.82 Å². The first-order chi connectivity index (χ1) is 12.6. The van der Waals surface area contributed by atoms with E-state index in [9.17, 15) is 0 Å². The topological polar surface area (TPSA) is 89.0 Å². The Labute approximate surface area is 151 Å². The molecule has 9 nitrogen and oxygen atoms in total. The molecule has 0 atom stereocenters. The largest absolute Gasteiger partial charge is 0.353 e. The summed E-state index contributed by atoms with van der Waals surface area (Å²) < 4.78 is 6.85. The second kappa shape index (κ2) is 6.83.